The summed E-state index contributed by atoms with van der Waals surface area (Å²) in [6.07, 6.45) is 8.86. The average Bonchev–Trinajstić information content (AvgIpc) is 3.29. The molecule has 10 nitrogen and oxygen atoms in total. The van der Waals surface area contributed by atoms with Gasteiger partial charge in [-0.3, -0.25) is 19.3 Å². The first-order valence-corrected chi connectivity index (χ1v) is 16.3. The quantitative estimate of drug-likeness (QED) is 0.441. The first kappa shape index (κ1) is 31.1. The molecule has 3 atom stereocenters. The number of rotatable bonds is 5. The van der Waals surface area contributed by atoms with Crippen molar-refractivity contribution in [1.29, 1.82) is 0 Å². The number of nitrogens with one attached hydrogen (secondary N) is 3. The van der Waals surface area contributed by atoms with E-state index in [-0.39, 0.29) is 36.2 Å². The molecule has 240 valence electrons. The number of carbonyl (C=O) groups excluding carboxylic acids is 3. The molecule has 0 aromatic heterocycles. The third-order valence-electron chi connectivity index (χ3n) is 9.49. The highest BCUT2D eigenvalue weighted by molar-refractivity contribution is 5.93. The van der Waals surface area contributed by atoms with E-state index in [1.165, 1.54) is 0 Å². The van der Waals surface area contributed by atoms with Gasteiger partial charge in [-0.25, -0.2) is 0 Å². The van der Waals surface area contributed by atoms with Crippen LogP contribution in [0.4, 0.5) is 5.69 Å². The van der Waals surface area contributed by atoms with Crippen molar-refractivity contribution < 1.29 is 28.6 Å². The predicted octanol–water partition coefficient (Wildman–Crippen LogP) is 3.47. The first-order valence-electron chi connectivity index (χ1n) is 16.3. The zero-order chi connectivity index (χ0) is 31.1. The Morgan fingerprint density at radius 1 is 0.956 bits per heavy atom. The zero-order valence-corrected chi connectivity index (χ0v) is 25.8. The maximum Gasteiger partial charge on any atom is 0.243 e. The highest BCUT2D eigenvalue weighted by Gasteiger charge is 2.41. The van der Waals surface area contributed by atoms with Crippen LogP contribution in [0.1, 0.15) is 44.1 Å². The molecule has 2 saturated heterocycles. The van der Waals surface area contributed by atoms with E-state index >= 15 is 0 Å². The maximum absolute atomic E-state index is 13.8. The Morgan fingerprint density at radius 3 is 2.58 bits per heavy atom. The molecule has 10 heteroatoms. The van der Waals surface area contributed by atoms with Gasteiger partial charge in [0.2, 0.25) is 17.7 Å². The molecule has 0 saturated carbocycles. The van der Waals surface area contributed by atoms with Crippen LogP contribution in [0.3, 0.4) is 0 Å². The first-order chi connectivity index (χ1) is 22.0. The highest BCUT2D eigenvalue weighted by Crippen LogP contribution is 2.36. The van der Waals surface area contributed by atoms with E-state index in [1.54, 1.807) is 0 Å². The van der Waals surface area contributed by atoms with Crippen molar-refractivity contribution in [2.45, 2.75) is 57.0 Å². The van der Waals surface area contributed by atoms with E-state index in [0.29, 0.717) is 82.4 Å². The van der Waals surface area contributed by atoms with Gasteiger partial charge in [0.25, 0.3) is 0 Å². The SMILES string of the molecule is O=C(CN1CC[C@H]2NC(=O)[C@H](Cc3ccccc3)NC(=O)C3(C/C=C/C[C@H]2C1)CCOCC3)Nc1ccc2c(c1)OCCCO2. The van der Waals surface area contributed by atoms with Gasteiger partial charge in [0.1, 0.15) is 6.04 Å². The molecule has 2 aromatic rings. The molecular formula is C35H44N4O6. The van der Waals surface area contributed by atoms with Crippen molar-refractivity contribution in [1.82, 2.24) is 15.5 Å². The number of carbonyl (C=O) groups is 3. The number of piperidine rings is 1. The second-order valence-electron chi connectivity index (χ2n) is 12.7. The molecule has 3 N–H and O–H groups in total. The minimum absolute atomic E-state index is 0.0603. The minimum atomic E-state index is -0.678. The van der Waals surface area contributed by atoms with Crippen molar-refractivity contribution in [3.63, 3.8) is 0 Å². The third kappa shape index (κ3) is 7.86. The lowest BCUT2D eigenvalue weighted by molar-refractivity contribution is -0.140. The number of benzene rings is 2. The zero-order valence-electron chi connectivity index (χ0n) is 25.8. The number of fused-ring (bicyclic) bond motifs is 2. The summed E-state index contributed by atoms with van der Waals surface area (Å²) >= 11 is 0. The fraction of sp³-hybridized carbons (Fsp3) is 0.514. The van der Waals surface area contributed by atoms with Gasteiger partial charge in [-0.1, -0.05) is 42.5 Å². The molecule has 6 rings (SSSR count). The Morgan fingerprint density at radius 2 is 1.76 bits per heavy atom. The summed E-state index contributed by atoms with van der Waals surface area (Å²) in [6, 6.07) is 14.6. The Bertz CT molecular complexity index is 1380. The van der Waals surface area contributed by atoms with E-state index in [2.05, 4.69) is 33.0 Å². The van der Waals surface area contributed by atoms with Crippen LogP contribution in [0.2, 0.25) is 0 Å². The number of ether oxygens (including phenoxy) is 3. The molecule has 0 bridgehead atoms. The molecule has 2 fully saturated rings. The predicted molar refractivity (Wildman–Crippen MR) is 170 cm³/mol. The number of allylic oxidation sites excluding steroid dienone is 2. The van der Waals surface area contributed by atoms with E-state index in [4.69, 9.17) is 14.2 Å². The molecule has 3 amide bonds. The van der Waals surface area contributed by atoms with Gasteiger partial charge in [0.15, 0.2) is 11.5 Å². The van der Waals surface area contributed by atoms with E-state index in [0.717, 1.165) is 24.8 Å². The summed E-state index contributed by atoms with van der Waals surface area (Å²) in [5, 5.41) is 9.46. The number of anilines is 1. The van der Waals surface area contributed by atoms with Crippen LogP contribution >= 0.6 is 0 Å². The number of hydrogen-bond donors (Lipinski definition) is 3. The number of hydrogen-bond acceptors (Lipinski definition) is 7. The summed E-state index contributed by atoms with van der Waals surface area (Å²) in [5.74, 6) is 1.14. The molecule has 2 aromatic carbocycles. The summed E-state index contributed by atoms with van der Waals surface area (Å²) in [6.45, 7) is 3.88. The van der Waals surface area contributed by atoms with Crippen molar-refractivity contribution >= 4 is 23.4 Å². The number of likely N-dealkylation sites (tertiary alicyclic amines) is 1. The lowest BCUT2D eigenvalue weighted by Gasteiger charge is -2.40. The standard InChI is InChI=1S/C35H44N4O6/c40-32(36-27-10-11-30-31(22-27)45-18-6-17-44-30)24-39-16-12-28-26(23-39)9-4-5-13-35(14-19-43-20-15-35)34(42)38-29(33(41)37-28)21-25-7-2-1-3-8-25/h1-5,7-8,10-11,22,26,28-29H,6,9,12-21,23-24H2,(H,36,40)(H,37,41)(H,38,42)/b5-4+/t26-,28+,29-/m0/s1. The molecule has 0 aliphatic carbocycles. The molecule has 1 spiro atoms. The fourth-order valence-corrected chi connectivity index (χ4v) is 6.84. The Hall–Kier alpha value is -3.89. The summed E-state index contributed by atoms with van der Waals surface area (Å²) < 4.78 is 17.1. The molecule has 4 aliphatic heterocycles. The second-order valence-corrected chi connectivity index (χ2v) is 12.7. The van der Waals surface area contributed by atoms with Crippen LogP contribution in [0.15, 0.2) is 60.7 Å². The maximum atomic E-state index is 13.8. The van der Waals surface area contributed by atoms with Crippen molar-refractivity contribution in [2.24, 2.45) is 11.3 Å². The van der Waals surface area contributed by atoms with Crippen LogP contribution in [0.5, 0.6) is 11.5 Å². The van der Waals surface area contributed by atoms with Crippen LogP contribution in [0.25, 0.3) is 0 Å². The molecule has 45 heavy (non-hydrogen) atoms. The van der Waals surface area contributed by atoms with Crippen LogP contribution in [-0.4, -0.2) is 80.8 Å². The molecular weight excluding hydrogens is 572 g/mol. The third-order valence-corrected chi connectivity index (χ3v) is 9.49. The van der Waals surface area contributed by atoms with Gasteiger partial charge in [0.05, 0.1) is 25.2 Å². The smallest absolute Gasteiger partial charge is 0.243 e. The van der Waals surface area contributed by atoms with Crippen molar-refractivity contribution in [2.75, 3.05) is 51.4 Å². The molecule has 0 unspecified atom stereocenters. The lowest BCUT2D eigenvalue weighted by atomic mass is 9.75. The Balaban J connectivity index is 1.14. The fourth-order valence-electron chi connectivity index (χ4n) is 6.84. The van der Waals surface area contributed by atoms with E-state index < -0.39 is 11.5 Å². The lowest BCUT2D eigenvalue weighted by Crippen LogP contribution is -2.58. The molecule has 0 radical (unpaired) electrons. The monoisotopic (exact) mass is 616 g/mol. The van der Waals surface area contributed by atoms with Gasteiger partial charge in [-0.15, -0.1) is 0 Å². The summed E-state index contributed by atoms with van der Waals surface area (Å²) in [4.78, 5) is 42.8. The van der Waals surface area contributed by atoms with Crippen LogP contribution < -0.4 is 25.4 Å². The van der Waals surface area contributed by atoms with Crippen LogP contribution in [0, 0.1) is 11.3 Å². The van der Waals surface area contributed by atoms with Gasteiger partial charge in [-0.2, -0.15) is 0 Å². The Kier molecular flexibility index (Phi) is 10.0. The second kappa shape index (κ2) is 14.5. The van der Waals surface area contributed by atoms with E-state index in [1.807, 2.05) is 48.5 Å². The van der Waals surface area contributed by atoms with Gasteiger partial charge >= 0.3 is 0 Å². The van der Waals surface area contributed by atoms with Gasteiger partial charge in [0, 0.05) is 56.9 Å². The topological polar surface area (TPSA) is 118 Å². The molecule has 4 heterocycles. The van der Waals surface area contributed by atoms with E-state index in [9.17, 15) is 14.4 Å². The summed E-state index contributed by atoms with van der Waals surface area (Å²) in [5.41, 5.74) is 1.08. The molecule has 4 aliphatic rings. The van der Waals surface area contributed by atoms with Gasteiger partial charge in [-0.05, 0) is 55.7 Å². The van der Waals surface area contributed by atoms with Gasteiger partial charge < -0.3 is 30.2 Å². The number of amides is 3. The normalized spacial score (nSPS) is 26.2. The minimum Gasteiger partial charge on any atom is -0.490 e. The highest BCUT2D eigenvalue weighted by atomic mass is 16.5. The average molecular weight is 617 g/mol. The summed E-state index contributed by atoms with van der Waals surface area (Å²) in [7, 11) is 0. The largest absolute Gasteiger partial charge is 0.490 e. The van der Waals surface area contributed by atoms with Crippen molar-refractivity contribution in [3.05, 3.63) is 66.2 Å². The Labute approximate surface area is 264 Å². The van der Waals surface area contributed by atoms with Crippen LogP contribution in [-0.2, 0) is 25.5 Å². The van der Waals surface area contributed by atoms with Crippen molar-refractivity contribution in [3.8, 4) is 11.5 Å². The number of nitrogens with zero attached hydrogens (tertiary/aromatic N) is 1.